The van der Waals surface area contributed by atoms with E-state index in [0.717, 1.165) is 5.56 Å². The van der Waals surface area contributed by atoms with Gasteiger partial charge in [-0.15, -0.1) is 0 Å². The Balaban J connectivity index is 1.29. The number of cyclic esters (lactones) is 1. The minimum atomic E-state index is -0.762. The lowest BCUT2D eigenvalue weighted by molar-refractivity contribution is -0.156. The second kappa shape index (κ2) is 6.29. The molecule has 130 valence electrons. The van der Waals surface area contributed by atoms with Gasteiger partial charge in [-0.2, -0.15) is 4.98 Å². The SMILES string of the molecule is Cc1noc(COC2CN(C(=O)C3Cc4ccccc4C(=O)O3)C2)n1. The standard InChI is InChI=1S/C17H17N3O5/c1-10-18-15(25-19-10)9-23-12-7-20(8-12)16(21)14-6-11-4-2-3-5-13(11)17(22)24-14/h2-5,12,14H,6-9H2,1H3. The zero-order valence-corrected chi connectivity index (χ0v) is 13.7. The fraction of sp³-hybridized carbons (Fsp3) is 0.412. The summed E-state index contributed by atoms with van der Waals surface area (Å²) in [5.74, 6) is 0.347. The number of carbonyl (C=O) groups is 2. The second-order valence-corrected chi connectivity index (χ2v) is 6.17. The predicted molar refractivity (Wildman–Crippen MR) is 83.5 cm³/mol. The number of nitrogens with zero attached hydrogens (tertiary/aromatic N) is 3. The number of likely N-dealkylation sites (tertiary alicyclic amines) is 1. The topological polar surface area (TPSA) is 94.8 Å². The maximum absolute atomic E-state index is 12.5. The molecule has 0 radical (unpaired) electrons. The molecule has 4 rings (SSSR count). The lowest BCUT2D eigenvalue weighted by atomic mass is 9.97. The molecule has 2 aliphatic rings. The maximum Gasteiger partial charge on any atom is 0.339 e. The highest BCUT2D eigenvalue weighted by Gasteiger charge is 2.39. The molecular formula is C17H17N3O5. The Morgan fingerprint density at radius 1 is 1.36 bits per heavy atom. The zero-order chi connectivity index (χ0) is 17.4. The lowest BCUT2D eigenvalue weighted by Gasteiger charge is -2.40. The van der Waals surface area contributed by atoms with E-state index in [0.29, 0.717) is 36.8 Å². The van der Waals surface area contributed by atoms with E-state index in [1.54, 1.807) is 24.0 Å². The van der Waals surface area contributed by atoms with Crippen molar-refractivity contribution in [2.75, 3.05) is 13.1 Å². The first kappa shape index (κ1) is 15.8. The van der Waals surface area contributed by atoms with Gasteiger partial charge < -0.3 is 18.9 Å². The molecule has 0 spiro atoms. The first-order valence-corrected chi connectivity index (χ1v) is 8.08. The van der Waals surface area contributed by atoms with Crippen molar-refractivity contribution in [3.63, 3.8) is 0 Å². The zero-order valence-electron chi connectivity index (χ0n) is 13.7. The van der Waals surface area contributed by atoms with Gasteiger partial charge in [0.05, 0.1) is 11.7 Å². The van der Waals surface area contributed by atoms with Crippen LogP contribution in [0.4, 0.5) is 0 Å². The van der Waals surface area contributed by atoms with Gasteiger partial charge in [0.25, 0.3) is 11.8 Å². The Morgan fingerprint density at radius 2 is 2.16 bits per heavy atom. The number of esters is 1. The van der Waals surface area contributed by atoms with Crippen molar-refractivity contribution >= 4 is 11.9 Å². The molecule has 1 amide bonds. The minimum absolute atomic E-state index is 0.0808. The van der Waals surface area contributed by atoms with Crippen molar-refractivity contribution in [1.82, 2.24) is 15.0 Å². The van der Waals surface area contributed by atoms with E-state index in [-0.39, 0.29) is 18.6 Å². The van der Waals surface area contributed by atoms with Gasteiger partial charge in [-0.1, -0.05) is 23.4 Å². The Bertz CT molecular complexity index is 812. The number of rotatable bonds is 4. The van der Waals surface area contributed by atoms with Gasteiger partial charge in [-0.25, -0.2) is 4.79 Å². The molecule has 1 saturated heterocycles. The van der Waals surface area contributed by atoms with Crippen LogP contribution >= 0.6 is 0 Å². The molecular weight excluding hydrogens is 326 g/mol. The number of hydrogen-bond donors (Lipinski definition) is 0. The van der Waals surface area contributed by atoms with E-state index >= 15 is 0 Å². The molecule has 1 unspecified atom stereocenters. The fourth-order valence-electron chi connectivity index (χ4n) is 2.98. The average molecular weight is 343 g/mol. The highest BCUT2D eigenvalue weighted by molar-refractivity contribution is 5.95. The molecule has 0 aliphatic carbocycles. The molecule has 2 aromatic rings. The molecule has 1 aromatic carbocycles. The molecule has 8 heteroatoms. The normalized spacial score (nSPS) is 20.0. The van der Waals surface area contributed by atoms with Crippen LogP contribution in [0.2, 0.25) is 0 Å². The Kier molecular flexibility index (Phi) is 3.96. The summed E-state index contributed by atoms with van der Waals surface area (Å²) in [6.45, 7) is 2.88. The molecule has 8 nitrogen and oxygen atoms in total. The number of fused-ring (bicyclic) bond motifs is 1. The van der Waals surface area contributed by atoms with Crippen LogP contribution in [0.5, 0.6) is 0 Å². The van der Waals surface area contributed by atoms with Crippen molar-refractivity contribution in [3.8, 4) is 0 Å². The van der Waals surface area contributed by atoms with Crippen LogP contribution in [0.3, 0.4) is 0 Å². The van der Waals surface area contributed by atoms with E-state index in [2.05, 4.69) is 10.1 Å². The number of amides is 1. The van der Waals surface area contributed by atoms with Crippen LogP contribution in [-0.4, -0.2) is 52.2 Å². The third-order valence-electron chi connectivity index (χ3n) is 4.34. The lowest BCUT2D eigenvalue weighted by Crippen LogP contribution is -2.58. The third kappa shape index (κ3) is 3.12. The van der Waals surface area contributed by atoms with Crippen LogP contribution in [0.1, 0.15) is 27.6 Å². The second-order valence-electron chi connectivity index (χ2n) is 6.17. The van der Waals surface area contributed by atoms with Crippen molar-refractivity contribution in [3.05, 3.63) is 47.1 Å². The van der Waals surface area contributed by atoms with E-state index < -0.39 is 12.1 Å². The number of ether oxygens (including phenoxy) is 2. The van der Waals surface area contributed by atoms with E-state index in [9.17, 15) is 9.59 Å². The molecule has 3 heterocycles. The van der Waals surface area contributed by atoms with E-state index in [1.807, 2.05) is 12.1 Å². The van der Waals surface area contributed by atoms with E-state index in [4.69, 9.17) is 14.0 Å². The van der Waals surface area contributed by atoms with Crippen molar-refractivity contribution < 1.29 is 23.6 Å². The van der Waals surface area contributed by atoms with Crippen LogP contribution in [-0.2, 0) is 27.3 Å². The van der Waals surface area contributed by atoms with Crippen molar-refractivity contribution in [2.45, 2.75) is 32.2 Å². The first-order chi connectivity index (χ1) is 12.1. The van der Waals surface area contributed by atoms with Gasteiger partial charge in [0.1, 0.15) is 6.61 Å². The summed E-state index contributed by atoms with van der Waals surface area (Å²) in [5, 5.41) is 3.69. The minimum Gasteiger partial charge on any atom is -0.448 e. The quantitative estimate of drug-likeness (QED) is 0.761. The molecule has 2 aliphatic heterocycles. The van der Waals surface area contributed by atoms with Gasteiger partial charge in [-0.05, 0) is 18.6 Å². The third-order valence-corrected chi connectivity index (χ3v) is 4.34. The molecule has 1 fully saturated rings. The number of benzene rings is 1. The summed E-state index contributed by atoms with van der Waals surface area (Å²) in [5.41, 5.74) is 1.38. The number of aryl methyl sites for hydroxylation is 1. The van der Waals surface area contributed by atoms with Crippen LogP contribution in [0, 0.1) is 6.92 Å². The predicted octanol–water partition coefficient (Wildman–Crippen LogP) is 0.887. The summed E-state index contributed by atoms with van der Waals surface area (Å²) in [6, 6.07) is 7.20. The van der Waals surface area contributed by atoms with Crippen molar-refractivity contribution in [1.29, 1.82) is 0 Å². The Labute approximate surface area is 143 Å². The molecule has 0 bridgehead atoms. The van der Waals surface area contributed by atoms with Crippen LogP contribution < -0.4 is 0 Å². The van der Waals surface area contributed by atoms with Gasteiger partial charge >= 0.3 is 5.97 Å². The molecule has 25 heavy (non-hydrogen) atoms. The molecule has 1 aromatic heterocycles. The van der Waals surface area contributed by atoms with E-state index in [1.165, 1.54) is 0 Å². The van der Waals surface area contributed by atoms with Crippen LogP contribution in [0.15, 0.2) is 28.8 Å². The summed E-state index contributed by atoms with van der Waals surface area (Å²) < 4.78 is 15.9. The van der Waals surface area contributed by atoms with Crippen molar-refractivity contribution in [2.24, 2.45) is 0 Å². The number of carbonyl (C=O) groups excluding carboxylic acids is 2. The molecule has 1 atom stereocenters. The molecule has 0 N–H and O–H groups in total. The van der Waals surface area contributed by atoms with Gasteiger partial charge in [0, 0.05) is 19.5 Å². The summed E-state index contributed by atoms with van der Waals surface area (Å²) in [7, 11) is 0. The average Bonchev–Trinajstić information content (AvgIpc) is 2.98. The fourth-order valence-corrected chi connectivity index (χ4v) is 2.98. The first-order valence-electron chi connectivity index (χ1n) is 8.08. The van der Waals surface area contributed by atoms with Gasteiger partial charge in [-0.3, -0.25) is 4.79 Å². The van der Waals surface area contributed by atoms with Gasteiger partial charge in [0.15, 0.2) is 11.9 Å². The Hall–Kier alpha value is -2.74. The summed E-state index contributed by atoms with van der Waals surface area (Å²) >= 11 is 0. The smallest absolute Gasteiger partial charge is 0.339 e. The highest BCUT2D eigenvalue weighted by atomic mass is 16.6. The monoisotopic (exact) mass is 343 g/mol. The van der Waals surface area contributed by atoms with Gasteiger partial charge in [0.2, 0.25) is 0 Å². The summed E-state index contributed by atoms with van der Waals surface area (Å²) in [4.78, 5) is 30.2. The van der Waals surface area contributed by atoms with Crippen LogP contribution in [0.25, 0.3) is 0 Å². The number of aromatic nitrogens is 2. The summed E-state index contributed by atoms with van der Waals surface area (Å²) in [6.07, 6.45) is -0.436. The highest BCUT2D eigenvalue weighted by Crippen LogP contribution is 2.24. The maximum atomic E-state index is 12.5. The Morgan fingerprint density at radius 3 is 2.92 bits per heavy atom. The largest absolute Gasteiger partial charge is 0.448 e. The number of hydrogen-bond acceptors (Lipinski definition) is 7. The molecule has 0 saturated carbocycles.